The lowest BCUT2D eigenvalue weighted by molar-refractivity contribution is -0.0589. The van der Waals surface area contributed by atoms with Gasteiger partial charge in [-0.2, -0.15) is 5.10 Å². The third-order valence-corrected chi connectivity index (χ3v) is 7.78. The molecule has 234 valence electrons. The first-order valence-electron chi connectivity index (χ1n) is 14.8. The number of ether oxygens (including phenoxy) is 2. The summed E-state index contributed by atoms with van der Waals surface area (Å²) < 4.78 is 44.3. The van der Waals surface area contributed by atoms with Crippen LogP contribution in [0.4, 0.5) is 8.78 Å². The largest absolute Gasteiger partial charge is 0.478 e. The van der Waals surface area contributed by atoms with Crippen LogP contribution in [0.1, 0.15) is 45.0 Å². The van der Waals surface area contributed by atoms with Crippen molar-refractivity contribution in [2.75, 3.05) is 6.61 Å². The number of rotatable bonds is 9. The molecule has 1 aliphatic rings. The summed E-state index contributed by atoms with van der Waals surface area (Å²) in [6.45, 7) is 1.23. The van der Waals surface area contributed by atoms with E-state index in [0.717, 1.165) is 29.7 Å². The number of aromatic carboxylic acids is 1. The first-order chi connectivity index (χ1) is 22.9. The average Bonchev–Trinajstić information content (AvgIpc) is 3.70. The molecule has 2 aromatic carbocycles. The molecule has 0 bridgehead atoms. The molecule has 5 heterocycles. The number of aromatic nitrogens is 6. The summed E-state index contributed by atoms with van der Waals surface area (Å²) in [5, 5.41) is 16.0. The fraction of sp³-hybridized carbons (Fsp3) is 0.171. The normalized spacial score (nSPS) is 14.0. The van der Waals surface area contributed by atoms with Gasteiger partial charge in [0.1, 0.15) is 29.8 Å². The number of pyridine rings is 2. The van der Waals surface area contributed by atoms with Gasteiger partial charge in [0.05, 0.1) is 46.7 Å². The van der Waals surface area contributed by atoms with Gasteiger partial charge < -0.3 is 19.1 Å². The molecule has 0 aliphatic carbocycles. The van der Waals surface area contributed by atoms with Crippen molar-refractivity contribution >= 4 is 17.0 Å². The third-order valence-electron chi connectivity index (χ3n) is 7.78. The Morgan fingerprint density at radius 2 is 1.96 bits per heavy atom. The molecular formula is C35H26F2N6O4. The SMILES string of the molecule is O=C(O)c1ccc2nc(Cc3cc(F)c(-c4cccc(OCc5ccc(C#Cc6cn[nH]c6)nc5)n4)cc3F)n(C[C@@H]3CCO3)c2c1. The van der Waals surface area contributed by atoms with E-state index in [9.17, 15) is 9.90 Å². The second-order valence-electron chi connectivity index (χ2n) is 11.0. The zero-order valence-corrected chi connectivity index (χ0v) is 24.8. The molecule has 1 fully saturated rings. The molecule has 0 unspecified atom stereocenters. The van der Waals surface area contributed by atoms with Gasteiger partial charge in [0, 0.05) is 42.6 Å². The number of aromatic amines is 1. The van der Waals surface area contributed by atoms with Gasteiger partial charge in [0.25, 0.3) is 0 Å². The molecule has 1 atom stereocenters. The Balaban J connectivity index is 1.08. The topological polar surface area (TPSA) is 128 Å². The van der Waals surface area contributed by atoms with Crippen molar-refractivity contribution in [1.29, 1.82) is 0 Å². The number of benzene rings is 2. The van der Waals surface area contributed by atoms with Crippen LogP contribution < -0.4 is 4.74 Å². The van der Waals surface area contributed by atoms with Crippen molar-refractivity contribution in [3.63, 3.8) is 0 Å². The predicted octanol–water partition coefficient (Wildman–Crippen LogP) is 5.55. The van der Waals surface area contributed by atoms with Crippen LogP contribution in [0.15, 0.2) is 79.3 Å². The first kappa shape index (κ1) is 29.8. The van der Waals surface area contributed by atoms with E-state index in [1.54, 1.807) is 48.9 Å². The number of hydrogen-bond acceptors (Lipinski definition) is 7. The van der Waals surface area contributed by atoms with Gasteiger partial charge in [-0.3, -0.25) is 5.10 Å². The zero-order chi connectivity index (χ0) is 32.3. The standard InChI is InChI=1S/C35H26F2N6O4/c36-28-15-27(30-2-1-3-34(42-30)47-20-22-5-8-25(38-16-22)7-4-21-17-39-40-18-21)29(37)12-24(28)14-33-41-31-9-6-23(35(44)45)13-32(31)43(33)19-26-10-11-46-26/h1-3,5-6,8-9,12-13,15-18,26H,10-11,14,19-20H2,(H,39,40)(H,44,45)/t26-/m0/s1. The van der Waals surface area contributed by atoms with Crippen LogP contribution in [-0.4, -0.2) is 53.5 Å². The number of nitrogens with zero attached hydrogens (tertiary/aromatic N) is 5. The van der Waals surface area contributed by atoms with Crippen LogP contribution in [0.25, 0.3) is 22.3 Å². The number of halogens is 2. The lowest BCUT2D eigenvalue weighted by Gasteiger charge is -2.27. The Kier molecular flexibility index (Phi) is 8.12. The monoisotopic (exact) mass is 632 g/mol. The van der Waals surface area contributed by atoms with Gasteiger partial charge in [0.15, 0.2) is 0 Å². The minimum Gasteiger partial charge on any atom is -0.478 e. The summed E-state index contributed by atoms with van der Waals surface area (Å²) >= 11 is 0. The second-order valence-corrected chi connectivity index (χ2v) is 11.0. The molecule has 47 heavy (non-hydrogen) atoms. The summed E-state index contributed by atoms with van der Waals surface area (Å²) in [7, 11) is 0. The average molecular weight is 633 g/mol. The van der Waals surface area contributed by atoms with Gasteiger partial charge in [-0.05, 0) is 60.4 Å². The van der Waals surface area contributed by atoms with Crippen molar-refractivity contribution in [3.8, 4) is 29.0 Å². The molecule has 7 rings (SSSR count). The smallest absolute Gasteiger partial charge is 0.335 e. The molecule has 1 saturated heterocycles. The van der Waals surface area contributed by atoms with E-state index in [2.05, 4.69) is 37.0 Å². The van der Waals surface area contributed by atoms with Gasteiger partial charge in [-0.25, -0.2) is 28.5 Å². The maximum Gasteiger partial charge on any atom is 0.335 e. The Hall–Kier alpha value is -5.93. The van der Waals surface area contributed by atoms with E-state index in [0.29, 0.717) is 35.7 Å². The number of nitrogens with one attached hydrogen (secondary N) is 1. The Morgan fingerprint density at radius 3 is 2.70 bits per heavy atom. The van der Waals surface area contributed by atoms with Gasteiger partial charge >= 0.3 is 5.97 Å². The molecule has 0 spiro atoms. The van der Waals surface area contributed by atoms with Crippen LogP contribution in [0, 0.1) is 23.5 Å². The molecule has 0 amide bonds. The summed E-state index contributed by atoms with van der Waals surface area (Å²) in [5.74, 6) is 4.29. The Bertz CT molecular complexity index is 2150. The minimum absolute atomic E-state index is 0.00878. The summed E-state index contributed by atoms with van der Waals surface area (Å²) in [4.78, 5) is 25.0. The molecule has 10 nitrogen and oxygen atoms in total. The number of carboxylic acids is 1. The van der Waals surface area contributed by atoms with E-state index in [1.807, 2.05) is 10.6 Å². The summed E-state index contributed by atoms with van der Waals surface area (Å²) in [6, 6.07) is 15.4. The maximum absolute atomic E-state index is 15.5. The summed E-state index contributed by atoms with van der Waals surface area (Å²) in [5.41, 5.74) is 3.70. The van der Waals surface area contributed by atoms with Crippen LogP contribution in [0.2, 0.25) is 0 Å². The second kappa shape index (κ2) is 12.8. The molecule has 4 aromatic heterocycles. The summed E-state index contributed by atoms with van der Waals surface area (Å²) in [6.07, 6.45) is 5.73. The zero-order valence-electron chi connectivity index (χ0n) is 24.8. The molecule has 12 heteroatoms. The molecule has 6 aromatic rings. The highest BCUT2D eigenvalue weighted by Gasteiger charge is 2.23. The highest BCUT2D eigenvalue weighted by atomic mass is 19.1. The number of carboxylic acid groups (broad SMARTS) is 1. The van der Waals surface area contributed by atoms with Crippen molar-refractivity contribution < 1.29 is 28.2 Å². The molecule has 0 saturated carbocycles. The van der Waals surface area contributed by atoms with E-state index < -0.39 is 17.6 Å². The van der Waals surface area contributed by atoms with E-state index in [4.69, 9.17) is 9.47 Å². The van der Waals surface area contributed by atoms with Crippen LogP contribution in [-0.2, 0) is 24.3 Å². The number of carbonyl (C=O) groups is 1. The molecule has 2 N–H and O–H groups in total. The van der Waals surface area contributed by atoms with Crippen molar-refractivity contribution in [2.24, 2.45) is 0 Å². The Labute approximate surface area is 267 Å². The first-order valence-corrected chi connectivity index (χ1v) is 14.8. The number of H-pyrrole nitrogens is 1. The molecule has 1 aliphatic heterocycles. The van der Waals surface area contributed by atoms with Crippen LogP contribution in [0.3, 0.4) is 0 Å². The van der Waals surface area contributed by atoms with Crippen LogP contribution in [0.5, 0.6) is 5.88 Å². The van der Waals surface area contributed by atoms with Crippen molar-refractivity contribution in [3.05, 3.63) is 125 Å². The number of hydrogen-bond donors (Lipinski definition) is 2. The molecule has 0 radical (unpaired) electrons. The number of imidazole rings is 1. The minimum atomic E-state index is -1.06. The maximum atomic E-state index is 15.5. The van der Waals surface area contributed by atoms with Gasteiger partial charge in [0.2, 0.25) is 5.88 Å². The van der Waals surface area contributed by atoms with E-state index >= 15 is 8.78 Å². The van der Waals surface area contributed by atoms with E-state index in [-0.39, 0.29) is 47.4 Å². The van der Waals surface area contributed by atoms with Crippen LogP contribution >= 0.6 is 0 Å². The lowest BCUT2D eigenvalue weighted by atomic mass is 10.0. The predicted molar refractivity (Wildman–Crippen MR) is 167 cm³/mol. The van der Waals surface area contributed by atoms with E-state index in [1.165, 1.54) is 12.1 Å². The third kappa shape index (κ3) is 6.56. The highest BCUT2D eigenvalue weighted by Crippen LogP contribution is 2.29. The Morgan fingerprint density at radius 1 is 1.06 bits per heavy atom. The van der Waals surface area contributed by atoms with Crippen molar-refractivity contribution in [2.45, 2.75) is 32.1 Å². The fourth-order valence-electron chi connectivity index (χ4n) is 5.21. The van der Waals surface area contributed by atoms with Crippen molar-refractivity contribution in [1.82, 2.24) is 29.7 Å². The quantitative estimate of drug-likeness (QED) is 0.199. The highest BCUT2D eigenvalue weighted by molar-refractivity contribution is 5.92. The fourth-order valence-corrected chi connectivity index (χ4v) is 5.21. The number of fused-ring (bicyclic) bond motifs is 1. The lowest BCUT2D eigenvalue weighted by Crippen LogP contribution is -2.31. The van der Waals surface area contributed by atoms with Gasteiger partial charge in [-0.15, -0.1) is 0 Å². The molecular weight excluding hydrogens is 606 g/mol. The van der Waals surface area contributed by atoms with Gasteiger partial charge in [-0.1, -0.05) is 18.1 Å².